The molecule has 0 fully saturated rings. The van der Waals surface area contributed by atoms with Crippen LogP contribution >= 0.6 is 11.3 Å². The zero-order valence-corrected chi connectivity index (χ0v) is 22.2. The van der Waals surface area contributed by atoms with Crippen LogP contribution in [0.1, 0.15) is 17.3 Å². The number of nitrogens with one attached hydrogen (secondary N) is 1. The number of aromatic nitrogens is 3. The van der Waals surface area contributed by atoms with E-state index < -0.39 is 18.0 Å². The fraction of sp³-hybridized carbons (Fsp3) is 0.138. The summed E-state index contributed by atoms with van der Waals surface area (Å²) in [5.41, 5.74) is 4.37. The first-order valence-corrected chi connectivity index (χ1v) is 12.8. The molecule has 1 amide bonds. The van der Waals surface area contributed by atoms with Crippen LogP contribution in [0.25, 0.3) is 33.5 Å². The average Bonchev–Trinajstić information content (AvgIpc) is 3.49. The number of rotatable bonds is 8. The van der Waals surface area contributed by atoms with Crippen molar-refractivity contribution in [2.45, 2.75) is 13.0 Å². The number of nitrogens with zero attached hydrogens (tertiary/aromatic N) is 3. The second-order valence-electron chi connectivity index (χ2n) is 8.46. The number of fused-ring (bicyclic) bond motifs is 1. The van der Waals surface area contributed by atoms with Gasteiger partial charge >= 0.3 is 5.97 Å². The molecular weight excluding hydrogens is 516 g/mol. The smallest absolute Gasteiger partial charge is 0.338 e. The minimum Gasteiger partial charge on any atom is -0.497 e. The maximum atomic E-state index is 12.9. The van der Waals surface area contributed by atoms with E-state index in [1.165, 1.54) is 18.3 Å². The maximum absolute atomic E-state index is 12.9. The quantitative estimate of drug-likeness (QED) is 0.252. The highest BCUT2D eigenvalue weighted by atomic mass is 32.1. The molecule has 0 saturated carbocycles. The number of hydrogen-bond donors (Lipinski definition) is 1. The molecule has 5 aromatic rings. The molecule has 1 N–H and O–H groups in total. The Bertz CT molecular complexity index is 1620. The van der Waals surface area contributed by atoms with E-state index in [9.17, 15) is 9.59 Å². The minimum atomic E-state index is -1.02. The van der Waals surface area contributed by atoms with Crippen LogP contribution in [0, 0.1) is 0 Å². The van der Waals surface area contributed by atoms with E-state index in [4.69, 9.17) is 24.2 Å². The normalized spacial score (nSPS) is 11.6. The zero-order chi connectivity index (χ0) is 27.4. The van der Waals surface area contributed by atoms with Crippen molar-refractivity contribution in [3.8, 4) is 34.0 Å². The van der Waals surface area contributed by atoms with Gasteiger partial charge in [-0.2, -0.15) is 0 Å². The van der Waals surface area contributed by atoms with E-state index in [1.54, 1.807) is 44.0 Å². The standard InChI is InChI=1S/C29H24N4O5S/c1-17(27(34)33-29-30-14-15-39-29)38-28(35)20-8-13-23-24(16-20)32-26(19-6-11-22(37-3)12-7-19)25(31-23)18-4-9-21(36-2)10-5-18/h4-17H,1-3H3,(H,30,33,34). The van der Waals surface area contributed by atoms with Gasteiger partial charge in [0.25, 0.3) is 5.91 Å². The lowest BCUT2D eigenvalue weighted by Gasteiger charge is -2.14. The molecule has 9 nitrogen and oxygen atoms in total. The first-order chi connectivity index (χ1) is 18.9. The topological polar surface area (TPSA) is 113 Å². The zero-order valence-electron chi connectivity index (χ0n) is 21.4. The number of carbonyl (C=O) groups is 2. The summed E-state index contributed by atoms with van der Waals surface area (Å²) in [5.74, 6) is 0.336. The van der Waals surface area contributed by atoms with E-state index in [-0.39, 0.29) is 5.56 Å². The van der Waals surface area contributed by atoms with Crippen molar-refractivity contribution < 1.29 is 23.8 Å². The molecule has 0 aliphatic rings. The van der Waals surface area contributed by atoms with Gasteiger partial charge in [0.1, 0.15) is 11.5 Å². The molecule has 1 unspecified atom stereocenters. The third kappa shape index (κ3) is 5.70. The van der Waals surface area contributed by atoms with Crippen molar-refractivity contribution in [3.63, 3.8) is 0 Å². The molecular formula is C29H24N4O5S. The van der Waals surface area contributed by atoms with Gasteiger partial charge in [-0.25, -0.2) is 19.7 Å². The van der Waals surface area contributed by atoms with Crippen LogP contribution in [0.4, 0.5) is 5.13 Å². The van der Waals surface area contributed by atoms with Crippen LogP contribution in [-0.4, -0.2) is 47.2 Å². The number of methoxy groups -OCH3 is 2. The van der Waals surface area contributed by atoms with Crippen LogP contribution in [-0.2, 0) is 9.53 Å². The highest BCUT2D eigenvalue weighted by Crippen LogP contribution is 2.33. The van der Waals surface area contributed by atoms with Crippen LogP contribution < -0.4 is 14.8 Å². The van der Waals surface area contributed by atoms with Gasteiger partial charge in [0.2, 0.25) is 0 Å². The van der Waals surface area contributed by atoms with Crippen LogP contribution in [0.15, 0.2) is 78.3 Å². The van der Waals surface area contributed by atoms with E-state index in [2.05, 4.69) is 10.3 Å². The predicted molar refractivity (Wildman–Crippen MR) is 149 cm³/mol. The molecule has 0 aliphatic carbocycles. The van der Waals surface area contributed by atoms with E-state index >= 15 is 0 Å². The Morgan fingerprint density at radius 3 is 1.95 bits per heavy atom. The number of carbonyl (C=O) groups excluding carboxylic acids is 2. The third-order valence-electron chi connectivity index (χ3n) is 5.94. The second kappa shape index (κ2) is 11.3. The van der Waals surface area contributed by atoms with Crippen molar-refractivity contribution in [1.82, 2.24) is 15.0 Å². The first-order valence-electron chi connectivity index (χ1n) is 12.0. The summed E-state index contributed by atoms with van der Waals surface area (Å²) in [4.78, 5) is 39.1. The molecule has 0 spiro atoms. The minimum absolute atomic E-state index is 0.253. The van der Waals surface area contributed by atoms with Crippen molar-refractivity contribution in [2.75, 3.05) is 19.5 Å². The fourth-order valence-electron chi connectivity index (χ4n) is 3.86. The van der Waals surface area contributed by atoms with Gasteiger partial charge in [-0.3, -0.25) is 10.1 Å². The summed E-state index contributed by atoms with van der Waals surface area (Å²) in [5, 5.41) is 4.79. The number of benzene rings is 3. The molecule has 5 rings (SSSR count). The molecule has 0 radical (unpaired) electrons. The van der Waals surface area contributed by atoms with Crippen molar-refractivity contribution in [2.24, 2.45) is 0 Å². The summed E-state index contributed by atoms with van der Waals surface area (Å²) in [7, 11) is 3.22. The molecule has 10 heteroatoms. The lowest BCUT2D eigenvalue weighted by atomic mass is 10.0. The van der Waals surface area contributed by atoms with Gasteiger partial charge < -0.3 is 14.2 Å². The van der Waals surface area contributed by atoms with Crippen molar-refractivity contribution in [1.29, 1.82) is 0 Å². The summed E-state index contributed by atoms with van der Waals surface area (Å²) < 4.78 is 16.0. The molecule has 39 heavy (non-hydrogen) atoms. The molecule has 196 valence electrons. The lowest BCUT2D eigenvalue weighted by molar-refractivity contribution is -0.123. The Morgan fingerprint density at radius 2 is 1.41 bits per heavy atom. The van der Waals surface area contributed by atoms with Crippen molar-refractivity contribution in [3.05, 3.63) is 83.9 Å². The van der Waals surface area contributed by atoms with Gasteiger partial charge in [-0.05, 0) is 73.7 Å². The summed E-state index contributed by atoms with van der Waals surface area (Å²) in [6, 6.07) is 20.0. The van der Waals surface area contributed by atoms with E-state index in [1.807, 2.05) is 48.5 Å². The van der Waals surface area contributed by atoms with Gasteiger partial charge in [-0.15, -0.1) is 11.3 Å². The summed E-state index contributed by atoms with van der Waals surface area (Å²) in [6.45, 7) is 1.50. The van der Waals surface area contributed by atoms with Gasteiger partial charge in [0.05, 0.1) is 42.2 Å². The molecule has 0 bridgehead atoms. The van der Waals surface area contributed by atoms with Crippen molar-refractivity contribution >= 4 is 39.4 Å². The molecule has 2 aromatic heterocycles. The Hall–Kier alpha value is -4.83. The Labute approximate surface area is 228 Å². The first kappa shape index (κ1) is 25.8. The monoisotopic (exact) mass is 540 g/mol. The van der Waals surface area contributed by atoms with Crippen LogP contribution in [0.5, 0.6) is 11.5 Å². The maximum Gasteiger partial charge on any atom is 0.338 e. The van der Waals surface area contributed by atoms with E-state index in [0.717, 1.165) is 22.6 Å². The number of thiazole rings is 1. The largest absolute Gasteiger partial charge is 0.497 e. The average molecular weight is 541 g/mol. The summed E-state index contributed by atoms with van der Waals surface area (Å²) in [6.07, 6.45) is 0.559. The SMILES string of the molecule is COc1ccc(-c2nc3ccc(C(=O)OC(C)C(=O)Nc4nccs4)cc3nc2-c2ccc(OC)cc2)cc1. The highest BCUT2D eigenvalue weighted by molar-refractivity contribution is 7.13. The Morgan fingerprint density at radius 1 is 0.821 bits per heavy atom. The van der Waals surface area contributed by atoms with Gasteiger partial charge in [-0.1, -0.05) is 0 Å². The molecule has 0 aliphatic heterocycles. The number of esters is 1. The lowest BCUT2D eigenvalue weighted by Crippen LogP contribution is -2.29. The molecule has 1 atom stereocenters. The van der Waals surface area contributed by atoms with Crippen LogP contribution in [0.2, 0.25) is 0 Å². The summed E-state index contributed by atoms with van der Waals surface area (Å²) >= 11 is 1.28. The van der Waals surface area contributed by atoms with Gasteiger partial charge in [0, 0.05) is 22.7 Å². The third-order valence-corrected chi connectivity index (χ3v) is 6.63. The van der Waals surface area contributed by atoms with E-state index in [0.29, 0.717) is 27.6 Å². The Kier molecular flexibility index (Phi) is 7.46. The number of ether oxygens (including phenoxy) is 3. The number of anilines is 1. The van der Waals surface area contributed by atoms with Gasteiger partial charge in [0.15, 0.2) is 11.2 Å². The Balaban J connectivity index is 1.48. The number of amides is 1. The second-order valence-corrected chi connectivity index (χ2v) is 9.35. The molecule has 0 saturated heterocycles. The van der Waals surface area contributed by atoms with Crippen LogP contribution in [0.3, 0.4) is 0 Å². The highest BCUT2D eigenvalue weighted by Gasteiger charge is 2.21. The molecule has 2 heterocycles. The molecule has 3 aromatic carbocycles. The number of hydrogen-bond acceptors (Lipinski definition) is 9. The fourth-order valence-corrected chi connectivity index (χ4v) is 4.39. The predicted octanol–water partition coefficient (Wildman–Crippen LogP) is 5.62.